The van der Waals surface area contributed by atoms with Crippen LogP contribution in [0.3, 0.4) is 0 Å². The number of hydrogen-bond donors (Lipinski definition) is 1. The molecule has 2 aromatic carbocycles. The Hall–Kier alpha value is -3.67. The molecule has 0 saturated carbocycles. The van der Waals surface area contributed by atoms with Crippen LogP contribution in [-0.4, -0.2) is 10.8 Å². The van der Waals surface area contributed by atoms with Crippen LogP contribution in [0.2, 0.25) is 0 Å². The van der Waals surface area contributed by atoms with Gasteiger partial charge in [0.2, 0.25) is 0 Å². The van der Waals surface area contributed by atoms with E-state index in [0.29, 0.717) is 0 Å². The Bertz CT molecular complexity index is 931. The maximum Gasteiger partial charge on any atom is 0.416 e. The molecule has 0 aliphatic heterocycles. The molecule has 9 heteroatoms. The standard InChI is InChI=1S/C17H10F3N3O3/c18-17(19,20)13-4-1-3-11(8-13)7-12(10-21)16(24)22-14-5-2-6-15(9-14)23(25)26/h1-9H,(H,22,24)/b12-7+. The molecule has 0 aliphatic rings. The van der Waals surface area contributed by atoms with Crippen molar-refractivity contribution >= 4 is 23.4 Å². The molecule has 2 aromatic rings. The third kappa shape index (κ3) is 4.67. The summed E-state index contributed by atoms with van der Waals surface area (Å²) >= 11 is 0. The maximum atomic E-state index is 12.7. The number of benzene rings is 2. The van der Waals surface area contributed by atoms with E-state index < -0.39 is 28.1 Å². The zero-order valence-electron chi connectivity index (χ0n) is 12.9. The average Bonchev–Trinajstić information content (AvgIpc) is 2.59. The molecular weight excluding hydrogens is 351 g/mol. The average molecular weight is 361 g/mol. The Kier molecular flexibility index (Phi) is 5.37. The van der Waals surface area contributed by atoms with Crippen molar-refractivity contribution < 1.29 is 22.9 Å². The summed E-state index contributed by atoms with van der Waals surface area (Å²) in [5.41, 5.74) is -1.53. The molecule has 0 spiro atoms. The quantitative estimate of drug-likeness (QED) is 0.383. The zero-order chi connectivity index (χ0) is 19.3. The largest absolute Gasteiger partial charge is 0.416 e. The summed E-state index contributed by atoms with van der Waals surface area (Å²) in [6.07, 6.45) is -3.55. The summed E-state index contributed by atoms with van der Waals surface area (Å²) < 4.78 is 38.1. The van der Waals surface area contributed by atoms with E-state index in [2.05, 4.69) is 5.32 Å². The number of carbonyl (C=O) groups is 1. The van der Waals surface area contributed by atoms with Gasteiger partial charge in [-0.25, -0.2) is 0 Å². The predicted octanol–water partition coefficient (Wildman–Crippen LogP) is 4.16. The normalized spacial score (nSPS) is 11.5. The first-order valence-corrected chi connectivity index (χ1v) is 7.05. The van der Waals surface area contributed by atoms with Crippen molar-refractivity contribution in [2.45, 2.75) is 6.18 Å². The smallest absolute Gasteiger partial charge is 0.321 e. The minimum absolute atomic E-state index is 0.0190. The Morgan fingerprint density at radius 1 is 1.19 bits per heavy atom. The van der Waals surface area contributed by atoms with Gasteiger partial charge in [0.15, 0.2) is 0 Å². The lowest BCUT2D eigenvalue weighted by Gasteiger charge is -2.07. The molecule has 26 heavy (non-hydrogen) atoms. The highest BCUT2D eigenvalue weighted by Gasteiger charge is 2.30. The van der Waals surface area contributed by atoms with Gasteiger partial charge in [0, 0.05) is 17.8 Å². The van der Waals surface area contributed by atoms with E-state index >= 15 is 0 Å². The number of hydrogen-bond acceptors (Lipinski definition) is 4. The number of nitrogens with zero attached hydrogens (tertiary/aromatic N) is 2. The van der Waals surface area contributed by atoms with Crippen molar-refractivity contribution in [1.82, 2.24) is 0 Å². The molecule has 6 nitrogen and oxygen atoms in total. The molecule has 0 heterocycles. The van der Waals surface area contributed by atoms with Crippen LogP contribution in [0.4, 0.5) is 24.5 Å². The molecule has 1 amide bonds. The third-order valence-corrected chi connectivity index (χ3v) is 3.20. The highest BCUT2D eigenvalue weighted by molar-refractivity contribution is 6.09. The fraction of sp³-hybridized carbons (Fsp3) is 0.0588. The SMILES string of the molecule is N#C/C(=C\c1cccc(C(F)(F)F)c1)C(=O)Nc1cccc([N+](=O)[O-])c1. The van der Waals surface area contributed by atoms with Crippen molar-refractivity contribution in [3.63, 3.8) is 0 Å². The number of alkyl halides is 3. The number of nitro benzene ring substituents is 1. The van der Waals surface area contributed by atoms with Gasteiger partial charge < -0.3 is 5.32 Å². The summed E-state index contributed by atoms with van der Waals surface area (Å²) in [6, 6.07) is 10.8. The summed E-state index contributed by atoms with van der Waals surface area (Å²) in [5.74, 6) is -0.898. The lowest BCUT2D eigenvalue weighted by atomic mass is 10.1. The van der Waals surface area contributed by atoms with Crippen molar-refractivity contribution in [2.24, 2.45) is 0 Å². The fourth-order valence-corrected chi connectivity index (χ4v) is 2.02. The third-order valence-electron chi connectivity index (χ3n) is 3.20. The number of nitro groups is 1. The van der Waals surface area contributed by atoms with E-state index in [1.807, 2.05) is 0 Å². The van der Waals surface area contributed by atoms with E-state index in [0.717, 1.165) is 30.3 Å². The molecule has 132 valence electrons. The first-order chi connectivity index (χ1) is 12.2. The zero-order valence-corrected chi connectivity index (χ0v) is 12.9. The Balaban J connectivity index is 2.27. The number of nitriles is 1. The molecule has 0 bridgehead atoms. The van der Waals surface area contributed by atoms with Gasteiger partial charge in [-0.1, -0.05) is 18.2 Å². The molecular formula is C17H10F3N3O3. The van der Waals surface area contributed by atoms with Gasteiger partial charge >= 0.3 is 6.18 Å². The van der Waals surface area contributed by atoms with E-state index in [9.17, 15) is 28.1 Å². The molecule has 0 unspecified atom stereocenters. The lowest BCUT2D eigenvalue weighted by Crippen LogP contribution is -2.13. The Morgan fingerprint density at radius 3 is 2.50 bits per heavy atom. The molecule has 0 aliphatic carbocycles. The van der Waals surface area contributed by atoms with Crippen LogP contribution >= 0.6 is 0 Å². The van der Waals surface area contributed by atoms with Gasteiger partial charge in [-0.3, -0.25) is 14.9 Å². The molecule has 0 aromatic heterocycles. The van der Waals surface area contributed by atoms with Gasteiger partial charge in [-0.15, -0.1) is 0 Å². The number of halogens is 3. The van der Waals surface area contributed by atoms with Crippen LogP contribution < -0.4 is 5.32 Å². The second-order valence-electron chi connectivity index (χ2n) is 5.05. The first kappa shape index (κ1) is 18.7. The topological polar surface area (TPSA) is 96.0 Å². The molecule has 0 fully saturated rings. The molecule has 2 rings (SSSR count). The number of non-ortho nitro benzene ring substituents is 1. The highest BCUT2D eigenvalue weighted by Crippen LogP contribution is 2.30. The molecule has 0 radical (unpaired) electrons. The van der Waals surface area contributed by atoms with Crippen LogP contribution in [0.15, 0.2) is 54.1 Å². The summed E-state index contributed by atoms with van der Waals surface area (Å²) in [5, 5.41) is 22.1. The second-order valence-corrected chi connectivity index (χ2v) is 5.05. The van der Waals surface area contributed by atoms with Gasteiger partial charge in [-0.2, -0.15) is 18.4 Å². The number of carbonyl (C=O) groups excluding carboxylic acids is 1. The van der Waals surface area contributed by atoms with E-state index in [1.165, 1.54) is 24.3 Å². The number of anilines is 1. The van der Waals surface area contributed by atoms with Gasteiger partial charge in [-0.05, 0) is 29.8 Å². The Labute approximate surface area is 145 Å². The van der Waals surface area contributed by atoms with Crippen LogP contribution in [0.25, 0.3) is 6.08 Å². The first-order valence-electron chi connectivity index (χ1n) is 7.05. The lowest BCUT2D eigenvalue weighted by molar-refractivity contribution is -0.384. The second kappa shape index (κ2) is 7.48. The number of amides is 1. The van der Waals surface area contributed by atoms with E-state index in [4.69, 9.17) is 5.26 Å². The Morgan fingerprint density at radius 2 is 1.88 bits per heavy atom. The monoisotopic (exact) mass is 361 g/mol. The minimum atomic E-state index is -4.55. The van der Waals surface area contributed by atoms with Crippen molar-refractivity contribution in [3.8, 4) is 6.07 Å². The van der Waals surface area contributed by atoms with E-state index in [1.54, 1.807) is 6.07 Å². The number of rotatable bonds is 4. The molecule has 1 N–H and O–H groups in total. The highest BCUT2D eigenvalue weighted by atomic mass is 19.4. The molecule has 0 atom stereocenters. The van der Waals surface area contributed by atoms with Crippen LogP contribution in [0, 0.1) is 21.4 Å². The van der Waals surface area contributed by atoms with Crippen LogP contribution in [-0.2, 0) is 11.0 Å². The van der Waals surface area contributed by atoms with Crippen LogP contribution in [0.5, 0.6) is 0 Å². The van der Waals surface area contributed by atoms with Gasteiger partial charge in [0.05, 0.1) is 10.5 Å². The van der Waals surface area contributed by atoms with Crippen molar-refractivity contribution in [3.05, 3.63) is 75.3 Å². The predicted molar refractivity (Wildman–Crippen MR) is 86.8 cm³/mol. The van der Waals surface area contributed by atoms with E-state index in [-0.39, 0.29) is 16.9 Å². The summed E-state index contributed by atoms with van der Waals surface area (Å²) in [4.78, 5) is 22.2. The number of nitrogens with one attached hydrogen (secondary N) is 1. The van der Waals surface area contributed by atoms with Crippen molar-refractivity contribution in [2.75, 3.05) is 5.32 Å². The molecule has 0 saturated heterocycles. The maximum absolute atomic E-state index is 12.7. The summed E-state index contributed by atoms with van der Waals surface area (Å²) in [7, 11) is 0. The van der Waals surface area contributed by atoms with Crippen LogP contribution in [0.1, 0.15) is 11.1 Å². The minimum Gasteiger partial charge on any atom is -0.321 e. The van der Waals surface area contributed by atoms with Crippen molar-refractivity contribution in [1.29, 1.82) is 5.26 Å². The fourth-order valence-electron chi connectivity index (χ4n) is 2.02. The van der Waals surface area contributed by atoms with Gasteiger partial charge in [0.25, 0.3) is 11.6 Å². The van der Waals surface area contributed by atoms with Gasteiger partial charge in [0.1, 0.15) is 11.6 Å². The summed E-state index contributed by atoms with van der Waals surface area (Å²) in [6.45, 7) is 0.